The summed E-state index contributed by atoms with van der Waals surface area (Å²) in [6, 6.07) is 7.62. The van der Waals surface area contributed by atoms with Gasteiger partial charge in [-0.25, -0.2) is 0 Å². The number of anilines is 2. The lowest BCUT2D eigenvalue weighted by molar-refractivity contribution is 0.680. The van der Waals surface area contributed by atoms with E-state index in [1.807, 2.05) is 41.7 Å². The molecule has 0 atom stereocenters. The Balaban J connectivity index is 2.23. The van der Waals surface area contributed by atoms with Crippen molar-refractivity contribution in [3.8, 4) is 0 Å². The van der Waals surface area contributed by atoms with Gasteiger partial charge in [-0.15, -0.1) is 5.53 Å². The van der Waals surface area contributed by atoms with E-state index in [1.165, 1.54) is 0 Å². The molecule has 0 aliphatic carbocycles. The van der Waals surface area contributed by atoms with Crippen LogP contribution in [-0.4, -0.2) is 0 Å². The molecule has 4 heteroatoms. The lowest BCUT2D eigenvalue weighted by Gasteiger charge is -2.14. The van der Waals surface area contributed by atoms with E-state index in [0.717, 1.165) is 11.4 Å². The molecule has 0 unspecified atom stereocenters. The molecule has 1 aromatic rings. The summed E-state index contributed by atoms with van der Waals surface area (Å²) in [5.74, 6) is 0. The monoisotopic (exact) mass is 162 g/mol. The lowest BCUT2D eigenvalue weighted by atomic mass is 10.3. The maximum Gasteiger partial charge on any atom is 0.0590 e. The number of nitrogen functional groups attached to an aromatic ring is 1. The van der Waals surface area contributed by atoms with Gasteiger partial charge in [0.15, 0.2) is 0 Å². The maximum atomic E-state index is 5.55. The fourth-order valence-corrected chi connectivity index (χ4v) is 1.04. The van der Waals surface area contributed by atoms with E-state index < -0.39 is 0 Å². The second-order valence-electron chi connectivity index (χ2n) is 2.53. The van der Waals surface area contributed by atoms with Gasteiger partial charge in [-0.05, 0) is 24.3 Å². The maximum absolute atomic E-state index is 5.55. The predicted octanol–water partition coefficient (Wildman–Crippen LogP) is 0.569. The Morgan fingerprint density at radius 2 is 1.92 bits per heavy atom. The van der Waals surface area contributed by atoms with Gasteiger partial charge < -0.3 is 11.2 Å². The molecule has 0 bridgehead atoms. The van der Waals surface area contributed by atoms with Gasteiger partial charge in [0.1, 0.15) is 0 Å². The summed E-state index contributed by atoms with van der Waals surface area (Å²) in [5.41, 5.74) is 13.1. The molecule has 4 nitrogen and oxygen atoms in total. The Kier molecular flexibility index (Phi) is 1.60. The molecule has 0 aromatic heterocycles. The highest BCUT2D eigenvalue weighted by Crippen LogP contribution is 2.15. The van der Waals surface area contributed by atoms with E-state index in [4.69, 9.17) is 5.73 Å². The third kappa shape index (κ3) is 1.19. The number of benzene rings is 1. The second kappa shape index (κ2) is 2.75. The Bertz CT molecular complexity index is 290. The largest absolute Gasteiger partial charge is 0.399 e. The first kappa shape index (κ1) is 7.00. The van der Waals surface area contributed by atoms with Gasteiger partial charge in [-0.3, -0.25) is 5.01 Å². The summed E-state index contributed by atoms with van der Waals surface area (Å²) >= 11 is 0. The van der Waals surface area contributed by atoms with E-state index in [-0.39, 0.29) is 0 Å². The van der Waals surface area contributed by atoms with Crippen LogP contribution in [0.5, 0.6) is 0 Å². The number of hydrogen-bond donors (Lipinski definition) is 3. The zero-order valence-corrected chi connectivity index (χ0v) is 6.49. The van der Waals surface area contributed by atoms with Crippen molar-refractivity contribution >= 4 is 11.4 Å². The van der Waals surface area contributed by atoms with Crippen LogP contribution < -0.4 is 21.7 Å². The van der Waals surface area contributed by atoms with Gasteiger partial charge in [0, 0.05) is 18.1 Å². The molecule has 62 valence electrons. The normalized spacial score (nSPS) is 14.8. The van der Waals surface area contributed by atoms with Crippen molar-refractivity contribution in [3.63, 3.8) is 0 Å². The van der Waals surface area contributed by atoms with Crippen molar-refractivity contribution in [2.45, 2.75) is 0 Å². The molecule has 0 spiro atoms. The molecule has 0 amide bonds. The smallest absolute Gasteiger partial charge is 0.0590 e. The molecule has 1 aromatic carbocycles. The van der Waals surface area contributed by atoms with E-state index >= 15 is 0 Å². The van der Waals surface area contributed by atoms with Crippen LogP contribution in [-0.2, 0) is 0 Å². The van der Waals surface area contributed by atoms with E-state index in [2.05, 4.69) is 11.0 Å². The molecule has 0 saturated carbocycles. The highest BCUT2D eigenvalue weighted by molar-refractivity contribution is 5.54. The van der Waals surface area contributed by atoms with E-state index in [0.29, 0.717) is 0 Å². The van der Waals surface area contributed by atoms with Crippen molar-refractivity contribution in [3.05, 3.63) is 36.7 Å². The molecule has 1 aliphatic heterocycles. The minimum absolute atomic E-state index is 0.773. The van der Waals surface area contributed by atoms with Crippen LogP contribution in [0.4, 0.5) is 11.4 Å². The van der Waals surface area contributed by atoms with E-state index in [9.17, 15) is 0 Å². The Morgan fingerprint density at radius 1 is 1.17 bits per heavy atom. The van der Waals surface area contributed by atoms with Crippen LogP contribution in [0, 0.1) is 0 Å². The first-order valence-electron chi connectivity index (χ1n) is 3.69. The molecule has 0 radical (unpaired) electrons. The number of hydrazine groups is 2. The van der Waals surface area contributed by atoms with Crippen LogP contribution in [0.2, 0.25) is 0 Å². The minimum atomic E-state index is 0.773. The molecule has 1 heterocycles. The second-order valence-corrected chi connectivity index (χ2v) is 2.53. The summed E-state index contributed by atoms with van der Waals surface area (Å²) in [5, 5.41) is 1.86. The van der Waals surface area contributed by atoms with Crippen LogP contribution >= 0.6 is 0 Å². The number of hydrogen-bond acceptors (Lipinski definition) is 4. The van der Waals surface area contributed by atoms with Crippen molar-refractivity contribution in [2.75, 3.05) is 10.7 Å². The number of nitrogens with zero attached hydrogens (tertiary/aromatic N) is 1. The third-order valence-electron chi connectivity index (χ3n) is 1.66. The SMILES string of the molecule is Nc1ccc(N2C=CNN2)cc1. The first-order valence-corrected chi connectivity index (χ1v) is 3.69. The molecule has 0 saturated heterocycles. The summed E-state index contributed by atoms with van der Waals surface area (Å²) < 4.78 is 0. The van der Waals surface area contributed by atoms with Crippen molar-refractivity contribution < 1.29 is 0 Å². The van der Waals surface area contributed by atoms with Gasteiger partial charge in [0.25, 0.3) is 0 Å². The van der Waals surface area contributed by atoms with Crippen molar-refractivity contribution in [1.29, 1.82) is 0 Å². The zero-order chi connectivity index (χ0) is 8.39. The fraction of sp³-hybridized carbons (Fsp3) is 0. The van der Waals surface area contributed by atoms with Gasteiger partial charge >= 0.3 is 0 Å². The standard InChI is InChI=1S/C8H10N4/c9-7-1-3-8(4-2-7)12-6-5-10-11-12/h1-6,10-11H,9H2. The lowest BCUT2D eigenvalue weighted by Crippen LogP contribution is -2.35. The minimum Gasteiger partial charge on any atom is -0.399 e. The highest BCUT2D eigenvalue weighted by atomic mass is 15.7. The predicted molar refractivity (Wildman–Crippen MR) is 48.7 cm³/mol. The fourth-order valence-electron chi connectivity index (χ4n) is 1.04. The average molecular weight is 162 g/mol. The number of nitrogens with one attached hydrogen (secondary N) is 2. The molecule has 1 aliphatic rings. The first-order chi connectivity index (χ1) is 5.86. The number of nitrogens with two attached hydrogens (primary N) is 1. The summed E-state index contributed by atoms with van der Waals surface area (Å²) in [6.45, 7) is 0. The summed E-state index contributed by atoms with van der Waals surface area (Å²) in [7, 11) is 0. The van der Waals surface area contributed by atoms with Crippen LogP contribution in [0.1, 0.15) is 0 Å². The molecule has 0 fully saturated rings. The molecular weight excluding hydrogens is 152 g/mol. The zero-order valence-electron chi connectivity index (χ0n) is 6.49. The Morgan fingerprint density at radius 3 is 2.50 bits per heavy atom. The number of rotatable bonds is 1. The Hall–Kier alpha value is -1.68. The van der Waals surface area contributed by atoms with Crippen molar-refractivity contribution in [1.82, 2.24) is 11.0 Å². The summed E-state index contributed by atoms with van der Waals surface area (Å²) in [4.78, 5) is 0. The van der Waals surface area contributed by atoms with Crippen LogP contribution in [0.25, 0.3) is 0 Å². The van der Waals surface area contributed by atoms with Crippen LogP contribution in [0.3, 0.4) is 0 Å². The van der Waals surface area contributed by atoms with E-state index in [1.54, 1.807) is 0 Å². The molecule has 4 N–H and O–H groups in total. The summed E-state index contributed by atoms with van der Waals surface area (Å²) in [6.07, 6.45) is 3.71. The molecule has 12 heavy (non-hydrogen) atoms. The van der Waals surface area contributed by atoms with Gasteiger partial charge in [0.2, 0.25) is 0 Å². The van der Waals surface area contributed by atoms with Gasteiger partial charge in [0.05, 0.1) is 5.69 Å². The highest BCUT2D eigenvalue weighted by Gasteiger charge is 2.03. The molecular formula is C8H10N4. The Labute approximate surface area is 70.6 Å². The van der Waals surface area contributed by atoms with Gasteiger partial charge in [-0.1, -0.05) is 0 Å². The van der Waals surface area contributed by atoms with Crippen molar-refractivity contribution in [2.24, 2.45) is 0 Å². The quantitative estimate of drug-likeness (QED) is 0.528. The van der Waals surface area contributed by atoms with Crippen LogP contribution in [0.15, 0.2) is 36.7 Å². The molecule has 2 rings (SSSR count). The third-order valence-corrected chi connectivity index (χ3v) is 1.66. The topological polar surface area (TPSA) is 53.3 Å². The average Bonchev–Trinajstić information content (AvgIpc) is 2.58. The van der Waals surface area contributed by atoms with Gasteiger partial charge in [-0.2, -0.15) is 0 Å².